The number of nitrogens with one attached hydrogen (secondary N) is 1. The molecule has 34 heavy (non-hydrogen) atoms. The van der Waals surface area contributed by atoms with Crippen molar-refractivity contribution in [3.63, 3.8) is 0 Å². The normalized spacial score (nSPS) is 13.3. The third-order valence-corrected chi connectivity index (χ3v) is 6.91. The molecule has 1 aliphatic heterocycles. The van der Waals surface area contributed by atoms with Gasteiger partial charge < -0.3 is 15.1 Å². The van der Waals surface area contributed by atoms with E-state index in [1.165, 1.54) is 11.9 Å². The lowest BCUT2D eigenvalue weighted by molar-refractivity contribution is -0.140. The van der Waals surface area contributed by atoms with E-state index >= 15 is 0 Å². The second-order valence-electron chi connectivity index (χ2n) is 8.30. The minimum absolute atomic E-state index is 0.0503. The fourth-order valence-electron chi connectivity index (χ4n) is 4.36. The van der Waals surface area contributed by atoms with E-state index < -0.39 is 6.04 Å². The first-order valence-electron chi connectivity index (χ1n) is 11.1. The average Bonchev–Trinajstić information content (AvgIpc) is 3.11. The molecule has 1 heterocycles. The molecule has 0 saturated heterocycles. The van der Waals surface area contributed by atoms with E-state index in [9.17, 15) is 14.4 Å². The van der Waals surface area contributed by atoms with Gasteiger partial charge in [-0.15, -0.1) is 0 Å². The van der Waals surface area contributed by atoms with Gasteiger partial charge in [-0.25, -0.2) is 0 Å². The van der Waals surface area contributed by atoms with E-state index in [4.69, 9.17) is 23.2 Å². The quantitative estimate of drug-likeness (QED) is 0.473. The van der Waals surface area contributed by atoms with Gasteiger partial charge >= 0.3 is 0 Å². The van der Waals surface area contributed by atoms with Gasteiger partial charge in [0.1, 0.15) is 6.04 Å². The van der Waals surface area contributed by atoms with Gasteiger partial charge in [-0.1, -0.05) is 53.5 Å². The van der Waals surface area contributed by atoms with Crippen LogP contribution < -0.4 is 10.2 Å². The Labute approximate surface area is 208 Å². The maximum absolute atomic E-state index is 13.2. The van der Waals surface area contributed by atoms with Crippen LogP contribution in [0.2, 0.25) is 10.0 Å². The van der Waals surface area contributed by atoms with Crippen molar-refractivity contribution in [2.75, 3.05) is 18.5 Å². The van der Waals surface area contributed by atoms with Crippen LogP contribution in [0.1, 0.15) is 35.7 Å². The number of halogens is 2. The molecule has 3 amide bonds. The lowest BCUT2D eigenvalue weighted by atomic mass is 10.1. The Morgan fingerprint density at radius 2 is 1.79 bits per heavy atom. The molecule has 3 aromatic carbocycles. The van der Waals surface area contributed by atoms with Crippen LogP contribution in [0.4, 0.5) is 5.69 Å². The van der Waals surface area contributed by atoms with Gasteiger partial charge in [-0.2, -0.15) is 0 Å². The van der Waals surface area contributed by atoms with Gasteiger partial charge in [-0.05, 0) is 48.6 Å². The fourth-order valence-corrected chi connectivity index (χ4v) is 4.68. The zero-order valence-electron chi connectivity index (χ0n) is 19.0. The van der Waals surface area contributed by atoms with Crippen LogP contribution in [-0.4, -0.2) is 42.3 Å². The average molecular weight is 498 g/mol. The van der Waals surface area contributed by atoms with Crippen LogP contribution in [0, 0.1) is 0 Å². The van der Waals surface area contributed by atoms with E-state index in [0.29, 0.717) is 28.6 Å². The zero-order chi connectivity index (χ0) is 24.4. The van der Waals surface area contributed by atoms with Crippen LogP contribution in [0.25, 0.3) is 10.8 Å². The van der Waals surface area contributed by atoms with E-state index in [1.54, 1.807) is 30.0 Å². The van der Waals surface area contributed by atoms with E-state index in [0.717, 1.165) is 22.0 Å². The predicted octanol–water partition coefficient (Wildman–Crippen LogP) is 5.05. The van der Waals surface area contributed by atoms with Gasteiger partial charge in [0.05, 0.1) is 15.7 Å². The summed E-state index contributed by atoms with van der Waals surface area (Å²) in [6, 6.07) is 16.0. The van der Waals surface area contributed by atoms with E-state index in [-0.39, 0.29) is 30.7 Å². The van der Waals surface area contributed by atoms with Crippen molar-refractivity contribution in [1.29, 1.82) is 0 Å². The lowest BCUT2D eigenvalue weighted by Crippen LogP contribution is -2.46. The fraction of sp³-hybridized carbons (Fsp3) is 0.269. The third kappa shape index (κ3) is 4.61. The number of likely N-dealkylation sites (N-methyl/N-ethyl adjacent to an activating group) is 1. The number of carbonyl (C=O) groups is 3. The molecule has 0 aliphatic carbocycles. The minimum atomic E-state index is -0.668. The van der Waals surface area contributed by atoms with Crippen LogP contribution in [0.5, 0.6) is 0 Å². The van der Waals surface area contributed by atoms with E-state index in [1.807, 2.05) is 36.4 Å². The maximum Gasteiger partial charge on any atom is 0.258 e. The maximum atomic E-state index is 13.2. The molecular formula is C26H25Cl2N3O3. The Balaban J connectivity index is 1.47. The van der Waals surface area contributed by atoms with Crippen molar-refractivity contribution in [1.82, 2.24) is 10.2 Å². The van der Waals surface area contributed by atoms with Crippen LogP contribution in [0.3, 0.4) is 0 Å². The molecule has 8 heteroatoms. The van der Waals surface area contributed by atoms with Crippen molar-refractivity contribution in [2.45, 2.75) is 32.4 Å². The molecule has 1 N–H and O–H groups in total. The molecule has 0 saturated carbocycles. The summed E-state index contributed by atoms with van der Waals surface area (Å²) in [7, 11) is 1.54. The first kappa shape index (κ1) is 24.0. The molecule has 3 aromatic rings. The lowest BCUT2D eigenvalue weighted by Gasteiger charge is -2.29. The predicted molar refractivity (Wildman–Crippen MR) is 135 cm³/mol. The van der Waals surface area contributed by atoms with Gasteiger partial charge in [0.15, 0.2) is 0 Å². The standard InChI is InChI=1S/C26H25Cl2N3O3/c1-16(25(33)29-2)31(15-17-11-12-20(27)21(28)14-17)23(32)10-5-13-30-22-9-4-7-18-6-3-8-19(24(18)22)26(30)34/h3-4,6-9,11-12,14,16H,5,10,13,15H2,1-2H3,(H,29,33)/t16-/m1/s1. The Morgan fingerprint density at radius 1 is 1.06 bits per heavy atom. The largest absolute Gasteiger partial charge is 0.357 e. The van der Waals surface area contributed by atoms with Crippen LogP contribution in [0.15, 0.2) is 54.6 Å². The number of hydrogen-bond donors (Lipinski definition) is 1. The monoisotopic (exact) mass is 497 g/mol. The second kappa shape index (κ2) is 10.0. The van der Waals surface area contributed by atoms with Crippen molar-refractivity contribution < 1.29 is 14.4 Å². The summed E-state index contributed by atoms with van der Waals surface area (Å²) in [6.07, 6.45) is 0.659. The minimum Gasteiger partial charge on any atom is -0.357 e. The van der Waals surface area contributed by atoms with E-state index in [2.05, 4.69) is 5.32 Å². The molecule has 0 bridgehead atoms. The van der Waals surface area contributed by atoms with Crippen molar-refractivity contribution >= 4 is 57.4 Å². The molecule has 1 atom stereocenters. The number of anilines is 1. The van der Waals surface area contributed by atoms with Crippen LogP contribution in [-0.2, 0) is 16.1 Å². The van der Waals surface area contributed by atoms with Crippen LogP contribution >= 0.6 is 23.2 Å². The molecular weight excluding hydrogens is 473 g/mol. The Kier molecular flexibility index (Phi) is 7.10. The molecule has 0 spiro atoms. The highest BCUT2D eigenvalue weighted by Crippen LogP contribution is 2.37. The second-order valence-corrected chi connectivity index (χ2v) is 9.12. The zero-order valence-corrected chi connectivity index (χ0v) is 20.5. The molecule has 1 aliphatic rings. The first-order valence-corrected chi connectivity index (χ1v) is 11.9. The number of rotatable bonds is 8. The van der Waals surface area contributed by atoms with Gasteiger partial charge in [0.25, 0.3) is 5.91 Å². The number of amides is 3. The molecule has 0 unspecified atom stereocenters. The number of benzene rings is 3. The van der Waals surface area contributed by atoms with Gasteiger partial charge in [0.2, 0.25) is 11.8 Å². The smallest absolute Gasteiger partial charge is 0.258 e. The number of nitrogens with zero attached hydrogens (tertiary/aromatic N) is 2. The topological polar surface area (TPSA) is 69.7 Å². The molecule has 176 valence electrons. The molecule has 4 rings (SSSR count). The Hall–Kier alpha value is -3.09. The molecule has 0 aromatic heterocycles. The first-order chi connectivity index (χ1) is 16.3. The summed E-state index contributed by atoms with van der Waals surface area (Å²) in [6.45, 7) is 2.32. The van der Waals surface area contributed by atoms with Crippen molar-refractivity contribution in [3.05, 3.63) is 75.8 Å². The summed E-state index contributed by atoms with van der Waals surface area (Å²) in [5.41, 5.74) is 2.33. The summed E-state index contributed by atoms with van der Waals surface area (Å²) in [4.78, 5) is 41.8. The number of carbonyl (C=O) groups excluding carboxylic acids is 3. The highest BCUT2D eigenvalue weighted by molar-refractivity contribution is 6.42. The number of hydrogen-bond acceptors (Lipinski definition) is 3. The SMILES string of the molecule is CNC(=O)[C@@H](C)N(Cc1ccc(Cl)c(Cl)c1)C(=O)CCCN1C(=O)c2cccc3cccc1c23. The summed E-state index contributed by atoms with van der Waals surface area (Å²) in [5, 5.41) is 5.39. The van der Waals surface area contributed by atoms with Gasteiger partial charge in [0, 0.05) is 37.5 Å². The highest BCUT2D eigenvalue weighted by Gasteiger charge is 2.30. The molecule has 6 nitrogen and oxygen atoms in total. The highest BCUT2D eigenvalue weighted by atomic mass is 35.5. The summed E-state index contributed by atoms with van der Waals surface area (Å²) in [5.74, 6) is -0.486. The van der Waals surface area contributed by atoms with Crippen molar-refractivity contribution in [3.8, 4) is 0 Å². The van der Waals surface area contributed by atoms with Crippen molar-refractivity contribution in [2.24, 2.45) is 0 Å². The molecule has 0 fully saturated rings. The summed E-state index contributed by atoms with van der Waals surface area (Å²) >= 11 is 12.1. The van der Waals surface area contributed by atoms with Gasteiger partial charge in [-0.3, -0.25) is 14.4 Å². The molecule has 0 radical (unpaired) electrons. The third-order valence-electron chi connectivity index (χ3n) is 6.17. The Bertz CT molecular complexity index is 1270. The summed E-state index contributed by atoms with van der Waals surface area (Å²) < 4.78 is 0. The Morgan fingerprint density at radius 3 is 2.50 bits per heavy atom.